The van der Waals surface area contributed by atoms with Gasteiger partial charge in [-0.1, -0.05) is 45.7 Å². The number of hydrogen-bond acceptors (Lipinski definition) is 4. The summed E-state index contributed by atoms with van der Waals surface area (Å²) in [6.07, 6.45) is 2.85. The van der Waals surface area contributed by atoms with Gasteiger partial charge in [0, 0.05) is 15.6 Å². The topological polar surface area (TPSA) is 79.5 Å². The first-order valence-corrected chi connectivity index (χ1v) is 9.64. The second-order valence-electron chi connectivity index (χ2n) is 5.55. The lowest BCUT2D eigenvalue weighted by atomic mass is 10.2. The zero-order valence-corrected chi connectivity index (χ0v) is 18.0. The van der Waals surface area contributed by atoms with Crippen molar-refractivity contribution in [1.82, 2.24) is 16.2 Å². The molecule has 3 N–H and O–H groups in total. The average Bonchev–Trinajstić information content (AvgIpc) is 2.66. The van der Waals surface area contributed by atoms with Crippen molar-refractivity contribution < 1.29 is 14.3 Å². The molecule has 0 aromatic heterocycles. The van der Waals surface area contributed by atoms with Gasteiger partial charge in [0.1, 0.15) is 5.75 Å². The number of amides is 2. The molecule has 146 valence electrons. The van der Waals surface area contributed by atoms with Crippen molar-refractivity contribution in [2.75, 3.05) is 6.61 Å². The Kier molecular flexibility index (Phi) is 8.43. The van der Waals surface area contributed by atoms with Crippen LogP contribution in [0.15, 0.2) is 53.0 Å². The fourth-order valence-electron chi connectivity index (χ4n) is 1.98. The molecule has 0 aliphatic heterocycles. The third-order valence-electron chi connectivity index (χ3n) is 3.37. The molecule has 0 atom stereocenters. The van der Waals surface area contributed by atoms with Crippen LogP contribution in [0.3, 0.4) is 0 Å². The Balaban J connectivity index is 1.72. The lowest BCUT2D eigenvalue weighted by molar-refractivity contribution is -0.123. The van der Waals surface area contributed by atoms with Crippen molar-refractivity contribution >= 4 is 62.8 Å². The molecule has 2 aromatic rings. The normalized spacial score (nSPS) is 10.4. The van der Waals surface area contributed by atoms with E-state index in [4.69, 9.17) is 28.6 Å². The number of thiocarbonyl (C=S) groups is 1. The van der Waals surface area contributed by atoms with Gasteiger partial charge in [-0.25, -0.2) is 0 Å². The summed E-state index contributed by atoms with van der Waals surface area (Å²) >= 11 is 14.3. The van der Waals surface area contributed by atoms with E-state index in [0.29, 0.717) is 16.3 Å². The summed E-state index contributed by atoms with van der Waals surface area (Å²) in [5.74, 6) is -0.353. The molecule has 0 saturated carbocycles. The van der Waals surface area contributed by atoms with E-state index in [1.807, 2.05) is 19.1 Å². The summed E-state index contributed by atoms with van der Waals surface area (Å²) in [5, 5.41) is 2.88. The Bertz CT molecular complexity index is 921. The van der Waals surface area contributed by atoms with Gasteiger partial charge in [-0.15, -0.1) is 0 Å². The standard InChI is InChI=1S/C19H17BrClN3O3S/c1-12-10-14(7-8-15(12)20)27-11-18(26)23-24-19(28)22-17(25)9-6-13-4-2-3-5-16(13)21/h2-10H,11H2,1H3,(H,23,26)(H2,22,24,25,28)/b9-6+. The van der Waals surface area contributed by atoms with Gasteiger partial charge in [0.2, 0.25) is 5.91 Å². The van der Waals surface area contributed by atoms with Crippen LogP contribution in [0.25, 0.3) is 6.08 Å². The molecule has 9 heteroatoms. The second-order valence-corrected chi connectivity index (χ2v) is 7.22. The highest BCUT2D eigenvalue weighted by Gasteiger charge is 2.06. The van der Waals surface area contributed by atoms with Gasteiger partial charge < -0.3 is 4.74 Å². The van der Waals surface area contributed by atoms with Crippen LogP contribution in [0.2, 0.25) is 5.02 Å². The van der Waals surface area contributed by atoms with Gasteiger partial charge in [-0.05, 0) is 60.6 Å². The number of ether oxygens (including phenoxy) is 1. The Morgan fingerprint density at radius 2 is 1.96 bits per heavy atom. The highest BCUT2D eigenvalue weighted by molar-refractivity contribution is 9.10. The van der Waals surface area contributed by atoms with E-state index in [9.17, 15) is 9.59 Å². The van der Waals surface area contributed by atoms with Crippen LogP contribution < -0.4 is 20.9 Å². The van der Waals surface area contributed by atoms with E-state index in [-0.39, 0.29) is 11.7 Å². The molecule has 2 amide bonds. The zero-order valence-electron chi connectivity index (χ0n) is 14.8. The number of carbonyl (C=O) groups excluding carboxylic acids is 2. The zero-order chi connectivity index (χ0) is 20.5. The maximum Gasteiger partial charge on any atom is 0.276 e. The fraction of sp³-hybridized carbons (Fsp3) is 0.105. The van der Waals surface area contributed by atoms with E-state index >= 15 is 0 Å². The summed E-state index contributed by atoms with van der Waals surface area (Å²) in [6.45, 7) is 1.71. The van der Waals surface area contributed by atoms with Gasteiger partial charge in [-0.2, -0.15) is 0 Å². The highest BCUT2D eigenvalue weighted by Crippen LogP contribution is 2.21. The van der Waals surface area contributed by atoms with Crippen molar-refractivity contribution in [2.45, 2.75) is 6.92 Å². The number of carbonyl (C=O) groups is 2. The minimum Gasteiger partial charge on any atom is -0.484 e. The van der Waals surface area contributed by atoms with Gasteiger partial charge in [0.15, 0.2) is 11.7 Å². The van der Waals surface area contributed by atoms with Crippen LogP contribution in [0, 0.1) is 6.92 Å². The van der Waals surface area contributed by atoms with Gasteiger partial charge >= 0.3 is 0 Å². The fourth-order valence-corrected chi connectivity index (χ4v) is 2.58. The molecule has 0 aliphatic rings. The molecule has 0 heterocycles. The summed E-state index contributed by atoms with van der Waals surface area (Å²) in [4.78, 5) is 23.6. The summed E-state index contributed by atoms with van der Waals surface area (Å²) < 4.78 is 6.34. The van der Waals surface area contributed by atoms with Gasteiger partial charge in [0.25, 0.3) is 5.91 Å². The van der Waals surface area contributed by atoms with Crippen LogP contribution >= 0.6 is 39.7 Å². The first-order valence-electron chi connectivity index (χ1n) is 8.06. The van der Waals surface area contributed by atoms with Gasteiger partial charge in [0.05, 0.1) is 0 Å². The molecule has 0 saturated heterocycles. The first-order chi connectivity index (χ1) is 13.3. The molecule has 0 aliphatic carbocycles. The predicted octanol–water partition coefficient (Wildman–Crippen LogP) is 3.53. The molecule has 0 spiro atoms. The monoisotopic (exact) mass is 481 g/mol. The molecule has 6 nitrogen and oxygen atoms in total. The summed E-state index contributed by atoms with van der Waals surface area (Å²) in [7, 11) is 0. The minimum atomic E-state index is -0.465. The van der Waals surface area contributed by atoms with E-state index in [2.05, 4.69) is 32.1 Å². The largest absolute Gasteiger partial charge is 0.484 e. The summed E-state index contributed by atoms with van der Waals surface area (Å²) in [6, 6.07) is 12.5. The van der Waals surface area contributed by atoms with Crippen LogP contribution in [0.4, 0.5) is 0 Å². The first kappa shape index (κ1) is 21.9. The van der Waals surface area contributed by atoms with Crippen molar-refractivity contribution in [1.29, 1.82) is 0 Å². The number of halogens is 2. The molecular formula is C19H17BrClN3O3S. The van der Waals surface area contributed by atoms with Crippen LogP contribution in [-0.2, 0) is 9.59 Å². The number of nitrogens with one attached hydrogen (secondary N) is 3. The lowest BCUT2D eigenvalue weighted by Gasteiger charge is -2.11. The van der Waals surface area contributed by atoms with Crippen LogP contribution in [0.5, 0.6) is 5.75 Å². The third kappa shape index (κ3) is 7.30. The molecule has 0 fully saturated rings. The maximum atomic E-state index is 11.8. The van der Waals surface area contributed by atoms with Gasteiger partial charge in [-0.3, -0.25) is 25.8 Å². The number of benzene rings is 2. The predicted molar refractivity (Wildman–Crippen MR) is 117 cm³/mol. The third-order valence-corrected chi connectivity index (χ3v) is 4.81. The Labute approximate surface area is 181 Å². The number of hydrogen-bond donors (Lipinski definition) is 3. The molecule has 0 radical (unpaired) electrons. The smallest absolute Gasteiger partial charge is 0.276 e. The van der Waals surface area contributed by atoms with E-state index in [1.54, 1.807) is 36.4 Å². The lowest BCUT2D eigenvalue weighted by Crippen LogP contribution is -2.49. The molecule has 0 unspecified atom stereocenters. The molecular weight excluding hydrogens is 466 g/mol. The molecule has 2 rings (SSSR count). The average molecular weight is 483 g/mol. The quantitative estimate of drug-likeness (QED) is 0.345. The number of rotatable bonds is 5. The second kappa shape index (κ2) is 10.8. The van der Waals surface area contributed by atoms with Crippen LogP contribution in [-0.4, -0.2) is 23.5 Å². The van der Waals surface area contributed by atoms with E-state index in [0.717, 1.165) is 10.0 Å². The number of aryl methyl sites for hydroxylation is 1. The SMILES string of the molecule is Cc1cc(OCC(=O)NNC(=S)NC(=O)/C=C/c2ccccc2Cl)ccc1Br. The van der Waals surface area contributed by atoms with Crippen molar-refractivity contribution in [3.63, 3.8) is 0 Å². The summed E-state index contributed by atoms with van der Waals surface area (Å²) in [5.41, 5.74) is 6.47. The van der Waals surface area contributed by atoms with Crippen LogP contribution in [0.1, 0.15) is 11.1 Å². The maximum absolute atomic E-state index is 11.8. The minimum absolute atomic E-state index is 0.0540. The molecule has 28 heavy (non-hydrogen) atoms. The van der Waals surface area contributed by atoms with Crippen molar-refractivity contribution in [3.05, 3.63) is 69.2 Å². The molecule has 2 aromatic carbocycles. The van der Waals surface area contributed by atoms with E-state index < -0.39 is 11.8 Å². The van der Waals surface area contributed by atoms with E-state index in [1.165, 1.54) is 6.08 Å². The van der Waals surface area contributed by atoms with Crippen molar-refractivity contribution in [2.24, 2.45) is 0 Å². The molecule has 0 bridgehead atoms. The Morgan fingerprint density at radius 1 is 1.21 bits per heavy atom. The highest BCUT2D eigenvalue weighted by atomic mass is 79.9. The Morgan fingerprint density at radius 3 is 2.68 bits per heavy atom. The Hall–Kier alpha value is -2.42. The van der Waals surface area contributed by atoms with Crippen molar-refractivity contribution in [3.8, 4) is 5.75 Å². The number of hydrazine groups is 1.